The predicted molar refractivity (Wildman–Crippen MR) is 162 cm³/mol. The summed E-state index contributed by atoms with van der Waals surface area (Å²) < 4.78 is 11.2. The highest BCUT2D eigenvalue weighted by Gasteiger charge is 2.16. The maximum atomic E-state index is 13.0. The first-order valence-corrected chi connectivity index (χ1v) is 13.5. The van der Waals surface area contributed by atoms with Gasteiger partial charge in [-0.05, 0) is 65.5 Å². The number of morpholine rings is 1. The van der Waals surface area contributed by atoms with Crippen LogP contribution in [0.3, 0.4) is 0 Å². The Morgan fingerprint density at radius 1 is 0.775 bits per heavy atom. The third-order valence-electron chi connectivity index (χ3n) is 7.17. The Bertz CT molecular complexity index is 1940. The number of nitrogens with zero attached hydrogens (tertiary/aromatic N) is 3. The van der Waals surface area contributed by atoms with Gasteiger partial charge < -0.3 is 19.7 Å². The molecular formula is C32H24N4O3S. The average molecular weight is 545 g/mol. The summed E-state index contributed by atoms with van der Waals surface area (Å²) in [6.45, 7) is 2.68. The quantitative estimate of drug-likeness (QED) is 0.158. The van der Waals surface area contributed by atoms with Crippen molar-refractivity contribution in [3.05, 3.63) is 96.6 Å². The first kappa shape index (κ1) is 24.4. The van der Waals surface area contributed by atoms with Crippen molar-refractivity contribution >= 4 is 72.6 Å². The van der Waals surface area contributed by atoms with Gasteiger partial charge in [-0.1, -0.05) is 48.5 Å². The molecule has 1 aromatic heterocycles. The fourth-order valence-electron chi connectivity index (χ4n) is 5.15. The number of amides is 1. The topological polar surface area (TPSA) is 76.6 Å². The van der Waals surface area contributed by atoms with E-state index in [4.69, 9.17) is 31.7 Å². The number of rotatable bonds is 3. The molecule has 1 saturated heterocycles. The number of carbonyl (C=O) groups is 1. The summed E-state index contributed by atoms with van der Waals surface area (Å²) in [5.41, 5.74) is 4.34. The fourth-order valence-corrected chi connectivity index (χ4v) is 5.42. The number of nitrogens with one attached hydrogen (secondary N) is 1. The molecule has 0 bridgehead atoms. The van der Waals surface area contributed by atoms with E-state index in [0.29, 0.717) is 54.0 Å². The Balaban J connectivity index is 1.16. The number of hydrogen-bond donors (Lipinski definition) is 1. The first-order valence-electron chi connectivity index (χ1n) is 13.1. The third kappa shape index (κ3) is 4.47. The van der Waals surface area contributed by atoms with Crippen molar-refractivity contribution in [1.29, 1.82) is 0 Å². The smallest absolute Gasteiger partial charge is 0.264 e. The van der Waals surface area contributed by atoms with Crippen LogP contribution in [0.1, 0.15) is 10.4 Å². The lowest BCUT2D eigenvalue weighted by atomic mass is 9.99. The Kier molecular flexibility index (Phi) is 6.18. The van der Waals surface area contributed by atoms with E-state index in [-0.39, 0.29) is 5.91 Å². The zero-order valence-electron chi connectivity index (χ0n) is 21.5. The van der Waals surface area contributed by atoms with Gasteiger partial charge in [0.2, 0.25) is 0 Å². The van der Waals surface area contributed by atoms with Gasteiger partial charge in [0.15, 0.2) is 0 Å². The van der Waals surface area contributed by atoms with Crippen LogP contribution in [0.5, 0.6) is 5.75 Å². The van der Waals surface area contributed by atoms with Gasteiger partial charge in [-0.15, -0.1) is 0 Å². The van der Waals surface area contributed by atoms with Crippen LogP contribution in [-0.4, -0.2) is 52.3 Å². The monoisotopic (exact) mass is 544 g/mol. The van der Waals surface area contributed by atoms with Crippen LogP contribution in [-0.2, 0) is 4.74 Å². The summed E-state index contributed by atoms with van der Waals surface area (Å²) >= 11 is 5.40. The summed E-state index contributed by atoms with van der Waals surface area (Å²) in [7, 11) is 0. The van der Waals surface area contributed by atoms with Crippen LogP contribution in [0, 0.1) is 0 Å². The molecule has 2 heterocycles. The second-order valence-electron chi connectivity index (χ2n) is 9.66. The van der Waals surface area contributed by atoms with E-state index in [9.17, 15) is 4.79 Å². The largest absolute Gasteiger partial charge is 0.432 e. The molecule has 1 amide bonds. The zero-order valence-corrected chi connectivity index (χ0v) is 22.3. The zero-order chi connectivity index (χ0) is 27.1. The highest BCUT2D eigenvalue weighted by atomic mass is 32.1. The van der Waals surface area contributed by atoms with Crippen LogP contribution in [0.2, 0.25) is 0 Å². The van der Waals surface area contributed by atoms with Gasteiger partial charge in [-0.2, -0.15) is 0 Å². The van der Waals surface area contributed by atoms with E-state index in [1.54, 1.807) is 24.3 Å². The van der Waals surface area contributed by atoms with Crippen molar-refractivity contribution in [2.24, 2.45) is 0 Å². The molecule has 0 atom stereocenters. The number of ether oxygens (including phenoxy) is 2. The Morgan fingerprint density at radius 3 is 2.02 bits per heavy atom. The van der Waals surface area contributed by atoms with Crippen molar-refractivity contribution in [2.45, 2.75) is 0 Å². The van der Waals surface area contributed by atoms with Crippen molar-refractivity contribution < 1.29 is 14.3 Å². The summed E-state index contributed by atoms with van der Waals surface area (Å²) in [6, 6.07) is 29.1. The molecule has 0 saturated carbocycles. The van der Waals surface area contributed by atoms with Crippen molar-refractivity contribution in [1.82, 2.24) is 14.9 Å². The molecule has 1 fully saturated rings. The first-order chi connectivity index (χ1) is 19.6. The van der Waals surface area contributed by atoms with Crippen LogP contribution < -0.4 is 10.1 Å². The molecule has 0 aliphatic carbocycles. The number of thiocarbonyl (C=S) groups is 1. The molecule has 1 N–H and O–H groups in total. The second kappa shape index (κ2) is 10.1. The summed E-state index contributed by atoms with van der Waals surface area (Å²) in [6.07, 6.45) is 0. The van der Waals surface area contributed by atoms with Crippen molar-refractivity contribution in [3.63, 3.8) is 0 Å². The van der Waals surface area contributed by atoms with E-state index >= 15 is 0 Å². The Hall–Kier alpha value is -4.66. The predicted octanol–water partition coefficient (Wildman–Crippen LogP) is 6.34. The minimum atomic E-state index is -0.230. The number of hydrogen-bond acceptors (Lipinski definition) is 6. The Morgan fingerprint density at radius 2 is 1.38 bits per heavy atom. The van der Waals surface area contributed by atoms with Gasteiger partial charge in [-0.25, -0.2) is 9.97 Å². The van der Waals surface area contributed by atoms with Crippen LogP contribution >= 0.6 is 12.2 Å². The third-order valence-corrected chi connectivity index (χ3v) is 7.51. The highest BCUT2D eigenvalue weighted by Crippen LogP contribution is 2.34. The fraction of sp³-hybridized carbons (Fsp3) is 0.125. The van der Waals surface area contributed by atoms with Crippen LogP contribution in [0.4, 0.5) is 5.69 Å². The number of anilines is 1. The minimum Gasteiger partial charge on any atom is -0.432 e. The van der Waals surface area contributed by atoms with Crippen molar-refractivity contribution in [2.75, 3.05) is 31.6 Å². The number of fused-ring (bicyclic) bond motifs is 7. The molecule has 0 spiro atoms. The molecule has 1 aliphatic rings. The molecular weight excluding hydrogens is 520 g/mol. The number of aromatic nitrogens is 2. The highest BCUT2D eigenvalue weighted by molar-refractivity contribution is 7.80. The average Bonchev–Trinajstić information content (AvgIpc) is 3.01. The molecule has 7 rings (SSSR count). The molecule has 5 aromatic carbocycles. The normalized spacial score (nSPS) is 13.7. The SMILES string of the molecule is O=C(Nc1ccc2nc3c4ccccc4c4ccccc4c3nc2c1)c1ccc(OC(=S)N2CCOCC2)cc1. The Labute approximate surface area is 235 Å². The summed E-state index contributed by atoms with van der Waals surface area (Å²) in [4.78, 5) is 25.0. The van der Waals surface area contributed by atoms with Gasteiger partial charge in [0.05, 0.1) is 35.3 Å². The molecule has 1 aliphatic heterocycles. The van der Waals surface area contributed by atoms with Gasteiger partial charge in [0.1, 0.15) is 5.75 Å². The molecule has 0 unspecified atom stereocenters. The number of benzene rings is 5. The van der Waals surface area contributed by atoms with E-state index in [0.717, 1.165) is 38.1 Å². The van der Waals surface area contributed by atoms with E-state index < -0.39 is 0 Å². The molecule has 7 nitrogen and oxygen atoms in total. The van der Waals surface area contributed by atoms with Gasteiger partial charge in [-0.3, -0.25) is 4.79 Å². The molecule has 6 aromatic rings. The van der Waals surface area contributed by atoms with Crippen LogP contribution in [0.25, 0.3) is 43.6 Å². The second-order valence-corrected chi connectivity index (χ2v) is 10.0. The van der Waals surface area contributed by atoms with Crippen LogP contribution in [0.15, 0.2) is 91.0 Å². The van der Waals surface area contributed by atoms with Crippen molar-refractivity contribution in [3.8, 4) is 5.75 Å². The van der Waals surface area contributed by atoms with E-state index in [1.165, 1.54) is 0 Å². The molecule has 8 heteroatoms. The van der Waals surface area contributed by atoms with Gasteiger partial charge in [0.25, 0.3) is 11.1 Å². The summed E-state index contributed by atoms with van der Waals surface area (Å²) in [5, 5.41) is 7.81. The lowest BCUT2D eigenvalue weighted by Gasteiger charge is -2.28. The molecule has 40 heavy (non-hydrogen) atoms. The summed E-state index contributed by atoms with van der Waals surface area (Å²) in [5.74, 6) is 0.354. The standard InChI is InChI=1S/C32H24N4O3S/c37-31(20-9-12-22(13-10-20)39-32(40)36-15-17-38-18-16-36)33-21-11-14-27-28(19-21)35-30-26-8-4-2-6-24(26)23-5-1-3-7-25(23)29(30)34-27/h1-14,19H,15-18H2,(H,33,37). The van der Waals surface area contributed by atoms with Gasteiger partial charge in [0, 0.05) is 35.1 Å². The molecule has 196 valence electrons. The molecule has 0 radical (unpaired) electrons. The lowest BCUT2D eigenvalue weighted by molar-refractivity contribution is 0.0631. The maximum Gasteiger partial charge on any atom is 0.264 e. The van der Waals surface area contributed by atoms with E-state index in [2.05, 4.69) is 29.6 Å². The maximum absolute atomic E-state index is 13.0. The van der Waals surface area contributed by atoms with Gasteiger partial charge >= 0.3 is 0 Å². The lowest BCUT2D eigenvalue weighted by Crippen LogP contribution is -2.42. The minimum absolute atomic E-state index is 0.230. The number of carbonyl (C=O) groups excluding carboxylic acids is 1. The van der Waals surface area contributed by atoms with E-state index in [1.807, 2.05) is 47.4 Å².